The fourth-order valence-electron chi connectivity index (χ4n) is 2.41. The average molecular weight is 360 g/mol. The molecule has 0 amide bonds. The molecular weight excluding hydrogens is 343 g/mol. The Morgan fingerprint density at radius 1 is 1.32 bits per heavy atom. The zero-order chi connectivity index (χ0) is 17.8. The number of rotatable bonds is 6. The topological polar surface area (TPSA) is 102 Å². The summed E-state index contributed by atoms with van der Waals surface area (Å²) in [6.07, 6.45) is 0.476. The van der Waals surface area contributed by atoms with Gasteiger partial charge in [-0.05, 0) is 25.6 Å². The highest BCUT2D eigenvalue weighted by Gasteiger charge is 2.17. The smallest absolute Gasteiger partial charge is 0.251 e. The van der Waals surface area contributed by atoms with Crippen molar-refractivity contribution >= 4 is 11.8 Å². The SMILES string of the molecule is Cc1nc(CSc2nnc(CCN)n2-c2ccccc2F)cc(=O)[nH]1. The van der Waals surface area contributed by atoms with E-state index in [1.54, 1.807) is 29.7 Å². The van der Waals surface area contributed by atoms with Crippen molar-refractivity contribution in [2.24, 2.45) is 5.73 Å². The molecule has 0 fully saturated rings. The monoisotopic (exact) mass is 360 g/mol. The van der Waals surface area contributed by atoms with Crippen molar-refractivity contribution in [1.82, 2.24) is 24.7 Å². The lowest BCUT2D eigenvalue weighted by Crippen LogP contribution is -2.11. The van der Waals surface area contributed by atoms with Gasteiger partial charge in [0.2, 0.25) is 0 Å². The number of para-hydroxylation sites is 1. The molecule has 2 aromatic heterocycles. The maximum absolute atomic E-state index is 14.2. The lowest BCUT2D eigenvalue weighted by Gasteiger charge is -2.10. The van der Waals surface area contributed by atoms with Gasteiger partial charge >= 0.3 is 0 Å². The third-order valence-corrected chi connectivity index (χ3v) is 4.39. The summed E-state index contributed by atoms with van der Waals surface area (Å²) in [6.45, 7) is 2.10. The van der Waals surface area contributed by atoms with Gasteiger partial charge in [0, 0.05) is 18.2 Å². The second kappa shape index (κ2) is 7.58. The van der Waals surface area contributed by atoms with Crippen molar-refractivity contribution in [3.8, 4) is 5.69 Å². The van der Waals surface area contributed by atoms with Crippen LogP contribution in [0.5, 0.6) is 0 Å². The first kappa shape index (κ1) is 17.3. The van der Waals surface area contributed by atoms with Crippen LogP contribution < -0.4 is 11.3 Å². The number of aromatic amines is 1. The van der Waals surface area contributed by atoms with E-state index in [9.17, 15) is 9.18 Å². The molecule has 7 nitrogen and oxygen atoms in total. The fourth-order valence-corrected chi connectivity index (χ4v) is 3.27. The van der Waals surface area contributed by atoms with E-state index >= 15 is 0 Å². The molecular formula is C16H17FN6OS. The van der Waals surface area contributed by atoms with Crippen LogP contribution >= 0.6 is 11.8 Å². The Morgan fingerprint density at radius 3 is 2.84 bits per heavy atom. The Kier molecular flexibility index (Phi) is 5.25. The molecule has 0 aliphatic heterocycles. The molecule has 1 aromatic carbocycles. The lowest BCUT2D eigenvalue weighted by atomic mass is 10.3. The molecule has 0 radical (unpaired) electrons. The maximum atomic E-state index is 14.2. The van der Waals surface area contributed by atoms with Gasteiger partial charge in [0.1, 0.15) is 17.5 Å². The van der Waals surface area contributed by atoms with Crippen LogP contribution in [0.2, 0.25) is 0 Å². The van der Waals surface area contributed by atoms with Crippen LogP contribution in [0.25, 0.3) is 5.69 Å². The van der Waals surface area contributed by atoms with Crippen LogP contribution in [0.4, 0.5) is 4.39 Å². The van der Waals surface area contributed by atoms with E-state index in [4.69, 9.17) is 5.73 Å². The number of nitrogens with one attached hydrogen (secondary N) is 1. The van der Waals surface area contributed by atoms with Crippen LogP contribution in [0.1, 0.15) is 17.3 Å². The number of benzene rings is 1. The number of aryl methyl sites for hydroxylation is 1. The number of aromatic nitrogens is 5. The van der Waals surface area contributed by atoms with E-state index in [0.717, 1.165) is 0 Å². The molecule has 3 N–H and O–H groups in total. The van der Waals surface area contributed by atoms with Gasteiger partial charge in [-0.2, -0.15) is 0 Å². The van der Waals surface area contributed by atoms with Gasteiger partial charge in [0.05, 0.1) is 11.4 Å². The number of thioether (sulfide) groups is 1. The van der Waals surface area contributed by atoms with E-state index in [2.05, 4.69) is 20.2 Å². The molecule has 9 heteroatoms. The Labute approximate surface area is 147 Å². The summed E-state index contributed by atoms with van der Waals surface area (Å²) in [6, 6.07) is 7.86. The number of nitrogens with two attached hydrogens (primary N) is 1. The number of H-pyrrole nitrogens is 1. The molecule has 0 aliphatic carbocycles. The number of halogens is 1. The first-order chi connectivity index (χ1) is 12.1. The minimum absolute atomic E-state index is 0.206. The van der Waals surface area contributed by atoms with Crippen molar-refractivity contribution in [3.63, 3.8) is 0 Å². The van der Waals surface area contributed by atoms with Crippen molar-refractivity contribution in [3.05, 3.63) is 63.8 Å². The summed E-state index contributed by atoms with van der Waals surface area (Å²) >= 11 is 1.33. The number of hydrogen-bond acceptors (Lipinski definition) is 6. The molecule has 0 spiro atoms. The molecule has 0 bridgehead atoms. The largest absolute Gasteiger partial charge is 0.330 e. The van der Waals surface area contributed by atoms with Crippen molar-refractivity contribution in [1.29, 1.82) is 0 Å². The van der Waals surface area contributed by atoms with Crippen molar-refractivity contribution in [2.45, 2.75) is 24.3 Å². The number of nitrogens with zero attached hydrogens (tertiary/aromatic N) is 4. The van der Waals surface area contributed by atoms with E-state index in [0.29, 0.717) is 46.9 Å². The van der Waals surface area contributed by atoms with E-state index in [1.807, 2.05) is 0 Å². The Bertz CT molecular complexity index is 938. The molecule has 0 atom stereocenters. The summed E-state index contributed by atoms with van der Waals surface area (Å²) in [5.41, 5.74) is 6.41. The van der Waals surface area contributed by atoms with Crippen LogP contribution in [0.15, 0.2) is 40.3 Å². The molecule has 3 aromatic rings. The van der Waals surface area contributed by atoms with Gasteiger partial charge in [-0.1, -0.05) is 23.9 Å². The molecule has 2 heterocycles. The highest BCUT2D eigenvalue weighted by molar-refractivity contribution is 7.98. The summed E-state index contributed by atoms with van der Waals surface area (Å²) < 4.78 is 15.9. The van der Waals surface area contributed by atoms with Crippen LogP contribution in [-0.2, 0) is 12.2 Å². The zero-order valence-electron chi connectivity index (χ0n) is 13.6. The van der Waals surface area contributed by atoms with Crippen LogP contribution in [0, 0.1) is 12.7 Å². The molecule has 0 aliphatic rings. The number of hydrogen-bond donors (Lipinski definition) is 2. The summed E-state index contributed by atoms with van der Waals surface area (Å²) in [4.78, 5) is 18.4. The Morgan fingerprint density at radius 2 is 2.12 bits per heavy atom. The summed E-state index contributed by atoms with van der Waals surface area (Å²) in [5, 5.41) is 8.80. The molecule has 130 valence electrons. The minimum atomic E-state index is -0.368. The highest BCUT2D eigenvalue weighted by Crippen LogP contribution is 2.26. The molecule has 0 saturated heterocycles. The molecule has 25 heavy (non-hydrogen) atoms. The summed E-state index contributed by atoms with van der Waals surface area (Å²) in [5.74, 6) is 1.18. The Hall–Kier alpha value is -2.52. The normalized spacial score (nSPS) is 11.0. The van der Waals surface area contributed by atoms with Gasteiger partial charge in [-0.3, -0.25) is 9.36 Å². The van der Waals surface area contributed by atoms with Gasteiger partial charge in [-0.25, -0.2) is 9.37 Å². The minimum Gasteiger partial charge on any atom is -0.330 e. The first-order valence-corrected chi connectivity index (χ1v) is 8.66. The second-order valence-electron chi connectivity index (χ2n) is 5.34. The van der Waals surface area contributed by atoms with Gasteiger partial charge in [-0.15, -0.1) is 10.2 Å². The molecule has 0 unspecified atom stereocenters. The summed E-state index contributed by atoms with van der Waals surface area (Å²) in [7, 11) is 0. The zero-order valence-corrected chi connectivity index (χ0v) is 14.4. The quantitative estimate of drug-likeness (QED) is 0.647. The van der Waals surface area contributed by atoms with E-state index in [1.165, 1.54) is 23.9 Å². The van der Waals surface area contributed by atoms with Crippen molar-refractivity contribution < 1.29 is 4.39 Å². The average Bonchev–Trinajstić information content (AvgIpc) is 2.95. The van der Waals surface area contributed by atoms with Crippen LogP contribution in [0.3, 0.4) is 0 Å². The lowest BCUT2D eigenvalue weighted by molar-refractivity contribution is 0.609. The fraction of sp³-hybridized carbons (Fsp3) is 0.250. The molecule has 3 rings (SSSR count). The second-order valence-corrected chi connectivity index (χ2v) is 6.28. The Balaban J connectivity index is 1.94. The predicted molar refractivity (Wildman–Crippen MR) is 93.2 cm³/mol. The third-order valence-electron chi connectivity index (χ3n) is 3.42. The van der Waals surface area contributed by atoms with Crippen LogP contribution in [-0.4, -0.2) is 31.3 Å². The van der Waals surface area contributed by atoms with Gasteiger partial charge in [0.15, 0.2) is 5.16 Å². The van der Waals surface area contributed by atoms with Gasteiger partial charge < -0.3 is 10.7 Å². The van der Waals surface area contributed by atoms with E-state index in [-0.39, 0.29) is 11.4 Å². The van der Waals surface area contributed by atoms with Gasteiger partial charge in [0.25, 0.3) is 5.56 Å². The highest BCUT2D eigenvalue weighted by atomic mass is 32.2. The molecule has 0 saturated carbocycles. The predicted octanol–water partition coefficient (Wildman–Crippen LogP) is 1.59. The van der Waals surface area contributed by atoms with Crippen molar-refractivity contribution in [2.75, 3.05) is 6.54 Å². The third kappa shape index (κ3) is 3.94. The standard InChI is InChI=1S/C16H17FN6OS/c1-10-19-11(8-15(24)20-10)9-25-16-22-21-14(6-7-18)23(16)13-5-3-2-4-12(13)17/h2-5,8H,6-7,9,18H2,1H3,(H,19,20,24). The maximum Gasteiger partial charge on any atom is 0.251 e. The first-order valence-electron chi connectivity index (χ1n) is 7.67. The van der Waals surface area contributed by atoms with E-state index < -0.39 is 0 Å².